The Bertz CT molecular complexity index is 1280. The van der Waals surface area contributed by atoms with Crippen LogP contribution in [0.25, 0.3) is 10.4 Å². The average Bonchev–Trinajstić information content (AvgIpc) is 3.18. The molecule has 0 radical (unpaired) electrons. The van der Waals surface area contributed by atoms with Crippen LogP contribution in [0.1, 0.15) is 15.2 Å². The van der Waals surface area contributed by atoms with Crippen molar-refractivity contribution in [3.8, 4) is 21.9 Å². The quantitative estimate of drug-likeness (QED) is 0.590. The smallest absolute Gasteiger partial charge is 0.495 e. The van der Waals surface area contributed by atoms with Crippen molar-refractivity contribution in [3.05, 3.63) is 59.0 Å². The van der Waals surface area contributed by atoms with E-state index in [4.69, 9.17) is 9.47 Å². The third-order valence-corrected chi connectivity index (χ3v) is 7.28. The van der Waals surface area contributed by atoms with Crippen LogP contribution >= 0.6 is 11.3 Å². The number of fused-ring (bicyclic) bond motifs is 3. The third-order valence-electron chi connectivity index (χ3n) is 4.58. The molecule has 0 saturated heterocycles. The summed E-state index contributed by atoms with van der Waals surface area (Å²) in [5.41, 5.74) is -4.03. The average molecular weight is 469 g/mol. The van der Waals surface area contributed by atoms with Gasteiger partial charge in [-0.2, -0.15) is 13.2 Å². The zero-order valence-corrected chi connectivity index (χ0v) is 17.5. The number of rotatable bonds is 4. The van der Waals surface area contributed by atoms with Crippen molar-refractivity contribution in [2.24, 2.45) is 0 Å². The molecule has 2 heterocycles. The van der Waals surface area contributed by atoms with Crippen molar-refractivity contribution in [2.45, 2.75) is 17.0 Å². The van der Waals surface area contributed by atoms with Gasteiger partial charge in [-0.3, -0.25) is 4.79 Å². The minimum absolute atomic E-state index is 0.0180. The van der Waals surface area contributed by atoms with Crippen LogP contribution in [-0.2, 0) is 16.4 Å². The summed E-state index contributed by atoms with van der Waals surface area (Å²) >= 11 is 1.20. The number of alkyl halides is 3. The number of sulfone groups is 1. The highest BCUT2D eigenvalue weighted by Crippen LogP contribution is 2.42. The maximum absolute atomic E-state index is 12.9. The molecule has 0 spiro atoms. The molecule has 1 aromatic heterocycles. The Labute approximate surface area is 179 Å². The minimum atomic E-state index is -5.58. The van der Waals surface area contributed by atoms with Crippen LogP contribution in [0.15, 0.2) is 53.4 Å². The maximum Gasteiger partial charge on any atom is 0.501 e. The Morgan fingerprint density at radius 2 is 1.90 bits per heavy atom. The van der Waals surface area contributed by atoms with Crippen molar-refractivity contribution in [1.82, 2.24) is 0 Å². The van der Waals surface area contributed by atoms with Crippen LogP contribution in [0.5, 0.6) is 11.5 Å². The number of hydrogen-bond acceptors (Lipinski definition) is 6. The molecule has 0 atom stereocenters. The Kier molecular flexibility index (Phi) is 5.18. The van der Waals surface area contributed by atoms with Gasteiger partial charge in [-0.25, -0.2) is 8.42 Å². The number of halogens is 3. The summed E-state index contributed by atoms with van der Waals surface area (Å²) in [5.74, 6) is 0.0942. The number of hydrogen-bond donors (Lipinski definition) is 1. The van der Waals surface area contributed by atoms with Crippen molar-refractivity contribution in [3.63, 3.8) is 0 Å². The third kappa shape index (κ3) is 3.74. The number of nitrogens with one attached hydrogen (secondary N) is 1. The number of benzene rings is 2. The van der Waals surface area contributed by atoms with E-state index in [9.17, 15) is 26.4 Å². The van der Waals surface area contributed by atoms with Gasteiger partial charge in [0.15, 0.2) is 0 Å². The largest absolute Gasteiger partial charge is 0.501 e. The van der Waals surface area contributed by atoms with Crippen LogP contribution in [0, 0.1) is 0 Å². The summed E-state index contributed by atoms with van der Waals surface area (Å²) in [7, 11) is -4.33. The van der Waals surface area contributed by atoms with Crippen LogP contribution in [0.2, 0.25) is 0 Å². The first-order valence-corrected chi connectivity index (χ1v) is 11.1. The highest BCUT2D eigenvalue weighted by atomic mass is 32.2. The summed E-state index contributed by atoms with van der Waals surface area (Å²) in [5, 5.41) is 2.45. The van der Waals surface area contributed by atoms with E-state index in [1.165, 1.54) is 18.4 Å². The first kappa shape index (κ1) is 21.2. The predicted molar refractivity (Wildman–Crippen MR) is 108 cm³/mol. The predicted octanol–water partition coefficient (Wildman–Crippen LogP) is 4.86. The lowest BCUT2D eigenvalue weighted by Crippen LogP contribution is -2.23. The molecular weight excluding hydrogens is 455 g/mol. The van der Waals surface area contributed by atoms with E-state index in [2.05, 4.69) is 5.32 Å². The number of carbonyl (C=O) groups is 1. The van der Waals surface area contributed by atoms with Gasteiger partial charge >= 0.3 is 5.51 Å². The lowest BCUT2D eigenvalue weighted by atomic mass is 10.1. The first-order valence-electron chi connectivity index (χ1n) is 8.77. The van der Waals surface area contributed by atoms with Crippen LogP contribution in [0.4, 0.5) is 18.9 Å². The molecule has 11 heteroatoms. The summed E-state index contributed by atoms with van der Waals surface area (Å²) in [6.07, 6.45) is 0. The zero-order valence-electron chi connectivity index (χ0n) is 15.8. The summed E-state index contributed by atoms with van der Waals surface area (Å²) in [6.45, 7) is 0.277. The van der Waals surface area contributed by atoms with Gasteiger partial charge in [0.25, 0.3) is 15.7 Å². The number of methoxy groups -OCH3 is 1. The van der Waals surface area contributed by atoms with Gasteiger partial charge < -0.3 is 14.8 Å². The fourth-order valence-corrected chi connectivity index (χ4v) is 4.96. The second-order valence-electron chi connectivity index (χ2n) is 6.52. The number of thiophene rings is 1. The molecule has 1 aliphatic heterocycles. The Morgan fingerprint density at radius 3 is 2.61 bits per heavy atom. The lowest BCUT2D eigenvalue weighted by molar-refractivity contribution is -0.0436. The van der Waals surface area contributed by atoms with Gasteiger partial charge in [-0.15, -0.1) is 11.3 Å². The van der Waals surface area contributed by atoms with E-state index in [0.29, 0.717) is 5.75 Å². The molecule has 0 aliphatic carbocycles. The van der Waals surface area contributed by atoms with Crippen LogP contribution in [0.3, 0.4) is 0 Å². The number of para-hydroxylation sites is 1. The van der Waals surface area contributed by atoms with Gasteiger partial charge in [-0.1, -0.05) is 12.1 Å². The normalized spacial score (nSPS) is 13.0. The molecule has 0 fully saturated rings. The molecule has 1 aliphatic rings. The van der Waals surface area contributed by atoms with E-state index >= 15 is 0 Å². The molecule has 3 aromatic rings. The Balaban J connectivity index is 1.67. The topological polar surface area (TPSA) is 81.7 Å². The number of ether oxygens (including phenoxy) is 2. The van der Waals surface area contributed by atoms with Crippen molar-refractivity contribution < 1.29 is 35.9 Å². The van der Waals surface area contributed by atoms with Crippen molar-refractivity contribution in [1.29, 1.82) is 0 Å². The number of anilines is 1. The SMILES string of the molecule is COc1ccc(S(=O)(=O)C(F)(F)F)cc1NC(=O)c1cc2c(s1)-c1ccccc1OC2. The van der Waals surface area contributed by atoms with Gasteiger partial charge in [-0.05, 0) is 36.4 Å². The second-order valence-corrected chi connectivity index (χ2v) is 9.51. The molecule has 4 rings (SSSR count). The highest BCUT2D eigenvalue weighted by molar-refractivity contribution is 7.92. The second kappa shape index (κ2) is 7.57. The fraction of sp³-hybridized carbons (Fsp3) is 0.150. The summed E-state index contributed by atoms with van der Waals surface area (Å²) < 4.78 is 72.9. The minimum Gasteiger partial charge on any atom is -0.495 e. The van der Waals surface area contributed by atoms with Gasteiger partial charge in [0.2, 0.25) is 0 Å². The van der Waals surface area contributed by atoms with E-state index < -0.39 is 26.1 Å². The molecule has 1 N–H and O–H groups in total. The lowest BCUT2D eigenvalue weighted by Gasteiger charge is -2.16. The van der Waals surface area contributed by atoms with Crippen LogP contribution in [-0.4, -0.2) is 26.9 Å². The maximum atomic E-state index is 12.9. The molecular formula is C20H14F3NO5S2. The number of amides is 1. The summed E-state index contributed by atoms with van der Waals surface area (Å²) in [4.78, 5) is 12.9. The standard InChI is InChI=1S/C20H14F3NO5S2/c1-28-16-7-6-12(31(26,27)20(21,22)23)9-14(16)24-19(25)17-8-11-10-29-15-5-3-2-4-13(15)18(11)30-17/h2-9H,10H2,1H3,(H,24,25). The van der Waals surface area contributed by atoms with Crippen molar-refractivity contribution in [2.75, 3.05) is 12.4 Å². The first-order chi connectivity index (χ1) is 14.6. The molecule has 0 bridgehead atoms. The van der Waals surface area contributed by atoms with Gasteiger partial charge in [0.1, 0.15) is 18.1 Å². The van der Waals surface area contributed by atoms with E-state index in [1.807, 2.05) is 24.3 Å². The monoisotopic (exact) mass is 469 g/mol. The van der Waals surface area contributed by atoms with Crippen molar-refractivity contribution >= 4 is 32.8 Å². The number of carbonyl (C=O) groups excluding carboxylic acids is 1. The zero-order chi connectivity index (χ0) is 22.4. The fourth-order valence-electron chi connectivity index (χ4n) is 3.08. The molecule has 162 valence electrons. The molecule has 0 unspecified atom stereocenters. The molecule has 6 nitrogen and oxygen atoms in total. The Hall–Kier alpha value is -3.05. The summed E-state index contributed by atoms with van der Waals surface area (Å²) in [6, 6.07) is 11.5. The molecule has 31 heavy (non-hydrogen) atoms. The molecule has 1 amide bonds. The highest BCUT2D eigenvalue weighted by Gasteiger charge is 2.47. The van der Waals surface area contributed by atoms with Gasteiger partial charge in [0, 0.05) is 16.0 Å². The van der Waals surface area contributed by atoms with Gasteiger partial charge in [0.05, 0.1) is 22.6 Å². The molecule has 0 saturated carbocycles. The van der Waals surface area contributed by atoms with E-state index in [1.54, 1.807) is 6.07 Å². The van der Waals surface area contributed by atoms with E-state index in [0.717, 1.165) is 34.2 Å². The van der Waals surface area contributed by atoms with E-state index in [-0.39, 0.29) is 22.9 Å². The Morgan fingerprint density at radius 1 is 1.16 bits per heavy atom. The van der Waals surface area contributed by atoms with Crippen LogP contribution < -0.4 is 14.8 Å². The molecule has 2 aromatic carbocycles.